The molecule has 0 aromatic heterocycles. The molecular weight excluding hydrogens is 218 g/mol. The highest BCUT2D eigenvalue weighted by molar-refractivity contribution is 7.99. The second-order valence-electron chi connectivity index (χ2n) is 3.60. The van der Waals surface area contributed by atoms with Crippen LogP contribution < -0.4 is 10.1 Å². The Morgan fingerprint density at radius 3 is 2.81 bits per heavy atom. The van der Waals surface area contributed by atoms with Crippen LogP contribution in [0.1, 0.15) is 19.8 Å². The molecule has 2 nitrogen and oxygen atoms in total. The van der Waals surface area contributed by atoms with Gasteiger partial charge in [-0.3, -0.25) is 0 Å². The number of methoxy groups -OCH3 is 1. The van der Waals surface area contributed by atoms with E-state index < -0.39 is 0 Å². The van der Waals surface area contributed by atoms with Crippen LogP contribution in [0.4, 0.5) is 0 Å². The van der Waals surface area contributed by atoms with Crippen molar-refractivity contribution < 1.29 is 4.74 Å². The van der Waals surface area contributed by atoms with Gasteiger partial charge in [-0.2, -0.15) is 0 Å². The molecule has 0 saturated carbocycles. The van der Waals surface area contributed by atoms with Crippen LogP contribution in [0, 0.1) is 0 Å². The van der Waals surface area contributed by atoms with Gasteiger partial charge in [0.25, 0.3) is 0 Å². The van der Waals surface area contributed by atoms with Crippen LogP contribution in [-0.4, -0.2) is 26.0 Å². The molecule has 1 rings (SSSR count). The summed E-state index contributed by atoms with van der Waals surface area (Å²) in [7, 11) is 1.72. The molecule has 0 unspecified atom stereocenters. The summed E-state index contributed by atoms with van der Waals surface area (Å²) in [5, 5.41) is 3.43. The smallest absolute Gasteiger partial charge is 0.132 e. The number of nitrogens with one attached hydrogen (secondary N) is 1. The number of para-hydroxylation sites is 1. The lowest BCUT2D eigenvalue weighted by Gasteiger charge is -2.07. The third kappa shape index (κ3) is 4.90. The fourth-order valence-corrected chi connectivity index (χ4v) is 2.33. The van der Waals surface area contributed by atoms with E-state index in [4.69, 9.17) is 4.74 Å². The molecule has 16 heavy (non-hydrogen) atoms. The van der Waals surface area contributed by atoms with E-state index in [1.807, 2.05) is 23.9 Å². The van der Waals surface area contributed by atoms with E-state index in [0.29, 0.717) is 0 Å². The SMILES string of the molecule is CCCCNCCSc1ccccc1OC. The highest BCUT2D eigenvalue weighted by Crippen LogP contribution is 2.27. The number of unbranched alkanes of at least 4 members (excludes halogenated alkanes) is 1. The van der Waals surface area contributed by atoms with E-state index in [0.717, 1.165) is 24.6 Å². The average Bonchev–Trinajstić information content (AvgIpc) is 2.34. The summed E-state index contributed by atoms with van der Waals surface area (Å²) in [4.78, 5) is 1.22. The van der Waals surface area contributed by atoms with Crippen molar-refractivity contribution in [3.8, 4) is 5.75 Å². The van der Waals surface area contributed by atoms with Crippen molar-refractivity contribution in [1.29, 1.82) is 0 Å². The van der Waals surface area contributed by atoms with Gasteiger partial charge in [-0.15, -0.1) is 11.8 Å². The van der Waals surface area contributed by atoms with E-state index >= 15 is 0 Å². The van der Waals surface area contributed by atoms with Crippen molar-refractivity contribution in [1.82, 2.24) is 5.32 Å². The molecule has 0 saturated heterocycles. The highest BCUT2D eigenvalue weighted by Gasteiger charge is 2.00. The molecule has 1 aromatic rings. The van der Waals surface area contributed by atoms with Gasteiger partial charge in [0, 0.05) is 17.2 Å². The minimum atomic E-state index is 0.973. The lowest BCUT2D eigenvalue weighted by atomic mass is 10.3. The van der Waals surface area contributed by atoms with Gasteiger partial charge in [0.1, 0.15) is 5.75 Å². The Balaban J connectivity index is 2.21. The normalized spacial score (nSPS) is 10.4. The molecule has 0 fully saturated rings. The van der Waals surface area contributed by atoms with Crippen molar-refractivity contribution in [3.63, 3.8) is 0 Å². The first-order valence-corrected chi connectivity index (χ1v) is 6.83. The first-order valence-electron chi connectivity index (χ1n) is 5.85. The zero-order valence-corrected chi connectivity index (χ0v) is 11.0. The predicted octanol–water partition coefficient (Wildman–Crippen LogP) is 3.18. The van der Waals surface area contributed by atoms with E-state index in [-0.39, 0.29) is 0 Å². The lowest BCUT2D eigenvalue weighted by Crippen LogP contribution is -2.18. The van der Waals surface area contributed by atoms with Crippen LogP contribution in [0.3, 0.4) is 0 Å². The quantitative estimate of drug-likeness (QED) is 0.556. The summed E-state index contributed by atoms with van der Waals surface area (Å²) in [6, 6.07) is 8.17. The van der Waals surface area contributed by atoms with E-state index in [1.165, 1.54) is 17.7 Å². The number of hydrogen-bond donors (Lipinski definition) is 1. The molecule has 0 aliphatic heterocycles. The summed E-state index contributed by atoms with van der Waals surface area (Å²) in [6.07, 6.45) is 2.52. The fraction of sp³-hybridized carbons (Fsp3) is 0.538. The van der Waals surface area contributed by atoms with Crippen molar-refractivity contribution >= 4 is 11.8 Å². The van der Waals surface area contributed by atoms with Crippen LogP contribution in [0.15, 0.2) is 29.2 Å². The summed E-state index contributed by atoms with van der Waals surface area (Å²) in [5.41, 5.74) is 0. The standard InChI is InChI=1S/C13H21NOS/c1-3-4-9-14-10-11-16-13-8-6-5-7-12(13)15-2/h5-8,14H,3-4,9-11H2,1-2H3. The van der Waals surface area contributed by atoms with Gasteiger partial charge in [-0.05, 0) is 25.1 Å². The van der Waals surface area contributed by atoms with Crippen molar-refractivity contribution in [3.05, 3.63) is 24.3 Å². The molecule has 0 radical (unpaired) electrons. The van der Waals surface area contributed by atoms with E-state index in [1.54, 1.807) is 7.11 Å². The van der Waals surface area contributed by atoms with Crippen LogP contribution in [-0.2, 0) is 0 Å². The Labute approximate surface area is 103 Å². The zero-order valence-electron chi connectivity index (χ0n) is 10.2. The van der Waals surface area contributed by atoms with Gasteiger partial charge in [0.05, 0.1) is 7.11 Å². The second-order valence-corrected chi connectivity index (χ2v) is 4.74. The lowest BCUT2D eigenvalue weighted by molar-refractivity contribution is 0.405. The molecule has 0 heterocycles. The maximum atomic E-state index is 5.30. The third-order valence-corrected chi connectivity index (χ3v) is 3.37. The minimum Gasteiger partial charge on any atom is -0.496 e. The number of thioether (sulfide) groups is 1. The Morgan fingerprint density at radius 1 is 1.25 bits per heavy atom. The maximum absolute atomic E-state index is 5.30. The Kier molecular flexibility index (Phi) is 7.10. The molecule has 0 aliphatic carbocycles. The van der Waals surface area contributed by atoms with Crippen molar-refractivity contribution in [2.45, 2.75) is 24.7 Å². The molecule has 3 heteroatoms. The predicted molar refractivity (Wildman–Crippen MR) is 71.5 cm³/mol. The molecule has 0 amide bonds. The summed E-state index contributed by atoms with van der Waals surface area (Å²) < 4.78 is 5.30. The molecule has 1 N–H and O–H groups in total. The summed E-state index contributed by atoms with van der Waals surface area (Å²) in [6.45, 7) is 4.40. The molecule has 0 atom stereocenters. The minimum absolute atomic E-state index is 0.973. The second kappa shape index (κ2) is 8.48. The van der Waals surface area contributed by atoms with Crippen molar-refractivity contribution in [2.24, 2.45) is 0 Å². The largest absolute Gasteiger partial charge is 0.496 e. The van der Waals surface area contributed by atoms with Crippen LogP contribution >= 0.6 is 11.8 Å². The third-order valence-electron chi connectivity index (χ3n) is 2.31. The van der Waals surface area contributed by atoms with Gasteiger partial charge in [-0.1, -0.05) is 25.5 Å². The Morgan fingerprint density at radius 2 is 2.06 bits per heavy atom. The maximum Gasteiger partial charge on any atom is 0.132 e. The van der Waals surface area contributed by atoms with Gasteiger partial charge in [0.15, 0.2) is 0 Å². The van der Waals surface area contributed by atoms with Gasteiger partial charge < -0.3 is 10.1 Å². The molecular formula is C13H21NOS. The fourth-order valence-electron chi connectivity index (χ4n) is 1.40. The number of rotatable bonds is 8. The Bertz CT molecular complexity index is 291. The van der Waals surface area contributed by atoms with Gasteiger partial charge in [-0.25, -0.2) is 0 Å². The van der Waals surface area contributed by atoms with E-state index in [9.17, 15) is 0 Å². The topological polar surface area (TPSA) is 21.3 Å². The van der Waals surface area contributed by atoms with Gasteiger partial charge in [0.2, 0.25) is 0 Å². The molecule has 0 spiro atoms. The molecule has 0 aliphatic rings. The summed E-state index contributed by atoms with van der Waals surface area (Å²) >= 11 is 1.84. The number of hydrogen-bond acceptors (Lipinski definition) is 3. The Hall–Kier alpha value is -0.670. The van der Waals surface area contributed by atoms with Crippen LogP contribution in [0.5, 0.6) is 5.75 Å². The van der Waals surface area contributed by atoms with Crippen LogP contribution in [0.2, 0.25) is 0 Å². The summed E-state index contributed by atoms with van der Waals surface area (Å²) in [5.74, 6) is 2.06. The monoisotopic (exact) mass is 239 g/mol. The average molecular weight is 239 g/mol. The number of benzene rings is 1. The van der Waals surface area contributed by atoms with Crippen molar-refractivity contribution in [2.75, 3.05) is 26.0 Å². The highest BCUT2D eigenvalue weighted by atomic mass is 32.2. The molecule has 0 bridgehead atoms. The zero-order chi connectivity index (χ0) is 11.6. The first-order chi connectivity index (χ1) is 7.88. The molecule has 90 valence electrons. The van der Waals surface area contributed by atoms with Crippen LogP contribution in [0.25, 0.3) is 0 Å². The first kappa shape index (κ1) is 13.4. The molecule has 1 aromatic carbocycles. The van der Waals surface area contributed by atoms with E-state index in [2.05, 4.69) is 24.4 Å². The number of ether oxygens (including phenoxy) is 1. The van der Waals surface area contributed by atoms with Gasteiger partial charge >= 0.3 is 0 Å².